The molecule has 0 unspecified atom stereocenters. The van der Waals surface area contributed by atoms with E-state index in [0.29, 0.717) is 88.4 Å². The van der Waals surface area contributed by atoms with Crippen molar-refractivity contribution in [1.82, 2.24) is 29.9 Å². The zero-order valence-corrected chi connectivity index (χ0v) is 71.0. The molecule has 0 saturated carbocycles. The first-order valence-corrected chi connectivity index (χ1v) is 40.7. The van der Waals surface area contributed by atoms with Gasteiger partial charge in [-0.05, 0) is 133 Å². The number of nitrogen functional groups attached to an aromatic ring is 3. The van der Waals surface area contributed by atoms with Gasteiger partial charge in [0.05, 0.1) is 78.3 Å². The Morgan fingerprint density at radius 2 is 0.465 bits per heavy atom. The second-order valence-electron chi connectivity index (χ2n) is 31.0. The number of pyridine rings is 6. The number of aromatic amines is 6. The maximum atomic E-state index is 12.8. The lowest BCUT2D eigenvalue weighted by molar-refractivity contribution is -0.382. The number of nitrogens with two attached hydrogens (primary N) is 3. The fourth-order valence-corrected chi connectivity index (χ4v) is 15.2. The Morgan fingerprint density at radius 3 is 0.819 bits per heavy atom. The molecule has 0 aliphatic heterocycles. The zero-order chi connectivity index (χ0) is 90.0. The van der Waals surface area contributed by atoms with Crippen molar-refractivity contribution < 1.29 is 14.6 Å². The van der Waals surface area contributed by atoms with Crippen molar-refractivity contribution in [2.45, 2.75) is 55.4 Å². The topological polar surface area (TPSA) is 371 Å². The van der Waals surface area contributed by atoms with E-state index in [9.17, 15) is 49.0 Å². The molecule has 22 nitrogen and oxygen atoms in total. The summed E-state index contributed by atoms with van der Waals surface area (Å²) in [6, 6.07) is 94.3. The van der Waals surface area contributed by atoms with Gasteiger partial charge in [0.25, 0.3) is 33.4 Å². The summed E-state index contributed by atoms with van der Waals surface area (Å²) in [6.07, 6.45) is 0. The van der Waals surface area contributed by atoms with E-state index in [1.807, 2.05) is 261 Å². The molecule has 19 rings (SSSR count). The van der Waals surface area contributed by atoms with Gasteiger partial charge in [-0.25, -0.2) is 0 Å². The van der Waals surface area contributed by atoms with Crippen molar-refractivity contribution in [3.05, 3.63) is 430 Å². The predicted octanol–water partition coefficient (Wildman–Crippen LogP) is 21.9. The van der Waals surface area contributed by atoms with Crippen LogP contribution in [0.25, 0.3) is 143 Å². The summed E-state index contributed by atoms with van der Waals surface area (Å²) in [4.78, 5) is 113. The number of nitrogens with one attached hydrogen (secondary N) is 6. The van der Waals surface area contributed by atoms with Crippen molar-refractivity contribution in [2.24, 2.45) is 0 Å². The summed E-state index contributed by atoms with van der Waals surface area (Å²) >= 11 is 0. The molecule has 630 valence electrons. The number of hydrogen-bond donors (Lipinski definition) is 9. The fourth-order valence-electron chi connectivity index (χ4n) is 15.2. The SMILES string of the molecule is COc1ccc(-c2c(-c3ccc(C)cc3)[nH]c(=O)c3cc(C)ccc23)cc1.Cc1ccc(-c2[nH]c(=O)c3cc(C)ccc3c2N)cc1.Cc1ccc(-c2[nH]c(=O)c3cc(C)ccc3c2[N+](=O)[O-])cc1.Cc1ccc(-c2[nH]c(=O)c3ccccc3c2N)cc1.Cc1ccc(-c2[nH]c(=O)c3ccccc3c2[N+](=O)[O-])cc1.Nc1c(-c2ccccc2)[nH]c(=O)c2ccccc12. The van der Waals surface area contributed by atoms with Crippen LogP contribution < -0.4 is 55.3 Å². The number of H-pyrrole nitrogens is 6. The average molecular weight is 1680 g/mol. The minimum atomic E-state index is -0.451. The lowest BCUT2D eigenvalue weighted by Crippen LogP contribution is -2.10. The van der Waals surface area contributed by atoms with Crippen molar-refractivity contribution in [3.63, 3.8) is 0 Å². The summed E-state index contributed by atoms with van der Waals surface area (Å²) in [5.41, 5.74) is 38.3. The summed E-state index contributed by atoms with van der Waals surface area (Å²) in [7, 11) is 1.66. The van der Waals surface area contributed by atoms with Gasteiger partial charge in [-0.2, -0.15) is 0 Å². The Kier molecular flexibility index (Phi) is 25.6. The number of rotatable bonds is 10. The molecule has 6 heterocycles. The van der Waals surface area contributed by atoms with Gasteiger partial charge in [0.1, 0.15) is 17.1 Å². The third-order valence-corrected chi connectivity index (χ3v) is 21.9. The van der Waals surface area contributed by atoms with Crippen LogP contribution in [0.15, 0.2) is 332 Å². The first kappa shape index (κ1) is 86.5. The molecule has 0 saturated heterocycles. The number of hydrogen-bond acceptors (Lipinski definition) is 14. The number of nitro groups is 2. The molecule has 0 aliphatic rings. The Balaban J connectivity index is 0.000000124. The van der Waals surface area contributed by atoms with Gasteiger partial charge in [-0.15, -0.1) is 0 Å². The molecule has 0 fully saturated rings. The van der Waals surface area contributed by atoms with Gasteiger partial charge >= 0.3 is 11.4 Å². The zero-order valence-electron chi connectivity index (χ0n) is 71.0. The highest BCUT2D eigenvalue weighted by atomic mass is 16.6. The van der Waals surface area contributed by atoms with E-state index in [2.05, 4.69) is 49.0 Å². The van der Waals surface area contributed by atoms with Crippen LogP contribution in [0.5, 0.6) is 5.75 Å². The Hall–Kier alpha value is -16.9. The molecule has 0 aliphatic carbocycles. The number of ether oxygens (including phenoxy) is 1. The van der Waals surface area contributed by atoms with Crippen molar-refractivity contribution in [1.29, 1.82) is 0 Å². The second-order valence-corrected chi connectivity index (χ2v) is 31.0. The first-order chi connectivity index (χ1) is 61.1. The second kappa shape index (κ2) is 37.6. The third kappa shape index (κ3) is 18.9. The Labute approximate surface area is 727 Å². The van der Waals surface area contributed by atoms with E-state index in [0.717, 1.165) is 94.2 Å². The maximum absolute atomic E-state index is 12.8. The molecule has 6 aromatic heterocycles. The third-order valence-electron chi connectivity index (χ3n) is 21.9. The summed E-state index contributed by atoms with van der Waals surface area (Å²) in [5.74, 6) is 0.806. The molecule has 0 amide bonds. The molecular weight excluding hydrogens is 1590 g/mol. The molecule has 19 aromatic rings. The van der Waals surface area contributed by atoms with E-state index in [-0.39, 0.29) is 56.1 Å². The van der Waals surface area contributed by atoms with Crippen molar-refractivity contribution in [2.75, 3.05) is 24.3 Å². The normalized spacial score (nSPS) is 10.8. The average Bonchev–Trinajstić information content (AvgIpc) is 0.760. The number of methoxy groups -OCH3 is 1. The summed E-state index contributed by atoms with van der Waals surface area (Å²) < 4.78 is 5.30. The van der Waals surface area contributed by atoms with Crippen LogP contribution >= 0.6 is 0 Å². The van der Waals surface area contributed by atoms with E-state index >= 15 is 0 Å². The molecular formula is C105H89N11O11. The highest BCUT2D eigenvalue weighted by Crippen LogP contribution is 2.40. The number of nitrogens with zero attached hydrogens (tertiary/aromatic N) is 2. The van der Waals surface area contributed by atoms with Crippen LogP contribution in [-0.4, -0.2) is 46.9 Å². The molecule has 0 bridgehead atoms. The lowest BCUT2D eigenvalue weighted by Gasteiger charge is -2.15. The number of anilines is 3. The van der Waals surface area contributed by atoms with Crippen LogP contribution in [0.2, 0.25) is 0 Å². The highest BCUT2D eigenvalue weighted by Gasteiger charge is 2.25. The van der Waals surface area contributed by atoms with Gasteiger partial charge < -0.3 is 51.8 Å². The van der Waals surface area contributed by atoms with E-state index < -0.39 is 9.85 Å². The van der Waals surface area contributed by atoms with Crippen LogP contribution in [0, 0.1) is 75.6 Å². The predicted molar refractivity (Wildman–Crippen MR) is 516 cm³/mol. The van der Waals surface area contributed by atoms with Gasteiger partial charge in [-0.3, -0.25) is 49.0 Å². The highest BCUT2D eigenvalue weighted by molar-refractivity contribution is 6.05. The largest absolute Gasteiger partial charge is 0.497 e. The smallest absolute Gasteiger partial charge is 0.301 e. The van der Waals surface area contributed by atoms with E-state index in [1.165, 1.54) is 16.7 Å². The maximum Gasteiger partial charge on any atom is 0.301 e. The van der Waals surface area contributed by atoms with Crippen LogP contribution in [-0.2, 0) is 0 Å². The first-order valence-electron chi connectivity index (χ1n) is 40.7. The van der Waals surface area contributed by atoms with Gasteiger partial charge in [0.15, 0.2) is 0 Å². The van der Waals surface area contributed by atoms with E-state index in [4.69, 9.17) is 21.9 Å². The van der Waals surface area contributed by atoms with Gasteiger partial charge in [0.2, 0.25) is 0 Å². The molecule has 0 atom stereocenters. The number of benzene rings is 13. The molecule has 0 spiro atoms. The van der Waals surface area contributed by atoms with Crippen LogP contribution in [0.4, 0.5) is 28.4 Å². The molecule has 22 heteroatoms. The molecule has 0 radical (unpaired) electrons. The fraction of sp³-hybridized carbons (Fsp3) is 0.0857. The molecule has 13 aromatic carbocycles. The monoisotopic (exact) mass is 1680 g/mol. The Bertz CT molecular complexity index is 7800. The van der Waals surface area contributed by atoms with E-state index in [1.54, 1.807) is 86.0 Å². The van der Waals surface area contributed by atoms with Crippen molar-refractivity contribution >= 4 is 93.1 Å². The van der Waals surface area contributed by atoms with Gasteiger partial charge in [0, 0.05) is 71.1 Å². The number of aryl methyl sites for hydroxylation is 8. The number of aromatic nitrogens is 6. The standard InChI is InChI=1S/C24H21NO2.C17H14N2O3.C17H16N2O.C16H12N2O3.C16H14N2O.C15H12N2O/c1-15-4-7-18(8-5-15)23-22(17-9-11-19(27-3)12-10-17)20-13-6-16(2)14-21(20)24(26)25-23;1-10-3-6-12(7-4-10)15-16(19(21)22)13-8-5-11(2)9-14(13)17(20)18-15;1-10-3-6-12(7-4-10)16-15(18)13-8-5-11(2)9-14(13)17(20)19-16;1-10-6-8-11(9-7-10)14-15(18(20)21)12-4-2-3-5-13(12)16(19)17-14;1-10-6-8-11(9-7-10)15-14(17)12-4-2-3-5-13(12)16(19)18-15;16-13-11-8-4-5-9-12(11)15(18)17-14(13)10-6-2-1-3-7-10/h4-14H,1-3H3,(H,25,26);3-9H,1-2H3,(H,18,20);3-9H,18H2,1-2H3,(H,19,20);2-9H,1H3,(H,17,19);2-9H,17H2,1H3,(H,18,19);1-9H,16H2,(H,17,18). The molecule has 12 N–H and O–H groups in total. The quantitative estimate of drug-likeness (QED) is 0.0454. The van der Waals surface area contributed by atoms with Gasteiger partial charge in [-0.1, -0.05) is 287 Å². The summed E-state index contributed by atoms with van der Waals surface area (Å²) in [5, 5.41) is 30.3. The minimum absolute atomic E-state index is 0.0680. The minimum Gasteiger partial charge on any atom is -0.497 e. The lowest BCUT2D eigenvalue weighted by atomic mass is 9.93. The number of fused-ring (bicyclic) bond motifs is 6. The molecule has 127 heavy (non-hydrogen) atoms. The van der Waals surface area contributed by atoms with Crippen molar-refractivity contribution in [3.8, 4) is 84.4 Å². The summed E-state index contributed by atoms with van der Waals surface area (Å²) in [6.45, 7) is 15.8. The van der Waals surface area contributed by atoms with Crippen LogP contribution in [0.3, 0.4) is 0 Å². The Morgan fingerprint density at radius 1 is 0.236 bits per heavy atom. The van der Waals surface area contributed by atoms with Crippen LogP contribution in [0.1, 0.15) is 44.5 Å².